The molecular weight excluding hydrogens is 512 g/mol. The molecule has 1 saturated heterocycles. The van der Waals surface area contributed by atoms with Crippen LogP contribution in [0.4, 0.5) is 22.0 Å². The van der Waals surface area contributed by atoms with Crippen LogP contribution in [0, 0.1) is 0 Å². The molecule has 3 amide bonds. The zero-order chi connectivity index (χ0) is 27.3. The Hall–Kier alpha value is -4.39. The summed E-state index contributed by atoms with van der Waals surface area (Å²) in [5.41, 5.74) is 2.33. The third-order valence-corrected chi connectivity index (χ3v) is 6.42. The summed E-state index contributed by atoms with van der Waals surface area (Å²) in [5, 5.41) is 5.26. The van der Waals surface area contributed by atoms with Crippen LogP contribution in [-0.4, -0.2) is 63.4 Å². The minimum Gasteiger partial charge on any atom is -0.495 e. The summed E-state index contributed by atoms with van der Waals surface area (Å²) >= 11 is 0. The molecule has 0 radical (unpaired) electrons. The van der Waals surface area contributed by atoms with E-state index in [9.17, 15) is 18.0 Å². The smallest absolute Gasteiger partial charge is 0.321 e. The Morgan fingerprint density at radius 2 is 1.87 bits per heavy atom. The number of rotatable bonds is 8. The van der Waals surface area contributed by atoms with Gasteiger partial charge in [0.25, 0.3) is 0 Å². The van der Waals surface area contributed by atoms with Crippen molar-refractivity contribution in [1.82, 2.24) is 15.3 Å². The molecule has 0 spiro atoms. The van der Waals surface area contributed by atoms with Crippen LogP contribution in [-0.2, 0) is 14.8 Å². The molecular formula is C25H28N6O6S. The van der Waals surface area contributed by atoms with Crippen molar-refractivity contribution in [2.24, 2.45) is 0 Å². The molecule has 2 aromatic carbocycles. The molecule has 3 aromatic rings. The fourth-order valence-electron chi connectivity index (χ4n) is 4.14. The molecule has 4 rings (SSSR count). The number of sulfonamides is 1. The van der Waals surface area contributed by atoms with Crippen LogP contribution in [0.2, 0.25) is 0 Å². The summed E-state index contributed by atoms with van der Waals surface area (Å²) in [7, 11) is -0.525. The number of anilines is 3. The molecule has 1 fully saturated rings. The van der Waals surface area contributed by atoms with Gasteiger partial charge in [-0.3, -0.25) is 14.8 Å². The average Bonchev–Trinajstić information content (AvgIpc) is 2.89. The predicted molar refractivity (Wildman–Crippen MR) is 143 cm³/mol. The van der Waals surface area contributed by atoms with Gasteiger partial charge in [-0.25, -0.2) is 23.2 Å². The fraction of sp³-hybridized carbons (Fsp3) is 0.280. The lowest BCUT2D eigenvalue weighted by molar-refractivity contribution is -0.121. The van der Waals surface area contributed by atoms with Crippen LogP contribution in [0.25, 0.3) is 11.1 Å². The van der Waals surface area contributed by atoms with Gasteiger partial charge in [-0.1, -0.05) is 24.3 Å². The second-order valence-electron chi connectivity index (χ2n) is 8.53. The lowest BCUT2D eigenvalue weighted by Gasteiger charge is -2.33. The number of nitrogens with one attached hydrogen (secondary N) is 3. The number of ether oxygens (including phenoxy) is 2. The van der Waals surface area contributed by atoms with Crippen LogP contribution in [0.15, 0.2) is 54.9 Å². The number of benzene rings is 2. The van der Waals surface area contributed by atoms with E-state index in [1.54, 1.807) is 47.4 Å². The number of para-hydroxylation sites is 1. The maximum Gasteiger partial charge on any atom is 0.321 e. The van der Waals surface area contributed by atoms with Crippen LogP contribution in [0.1, 0.15) is 12.8 Å². The summed E-state index contributed by atoms with van der Waals surface area (Å²) in [4.78, 5) is 35.4. The molecule has 0 bridgehead atoms. The Morgan fingerprint density at radius 3 is 2.55 bits per heavy atom. The van der Waals surface area contributed by atoms with E-state index in [1.807, 2.05) is 0 Å². The first-order valence-corrected chi connectivity index (χ1v) is 13.6. The van der Waals surface area contributed by atoms with Crippen molar-refractivity contribution in [3.63, 3.8) is 0 Å². The maximum atomic E-state index is 13.3. The number of methoxy groups -OCH3 is 2. The Kier molecular flexibility index (Phi) is 7.96. The highest BCUT2D eigenvalue weighted by molar-refractivity contribution is 7.92. The van der Waals surface area contributed by atoms with Crippen molar-refractivity contribution in [3.8, 4) is 22.8 Å². The number of carbonyl (C=O) groups is 2. The molecule has 13 heteroatoms. The van der Waals surface area contributed by atoms with Crippen molar-refractivity contribution in [2.75, 3.05) is 42.0 Å². The Bertz CT molecular complexity index is 1430. The molecule has 200 valence electrons. The molecule has 12 nitrogen and oxygen atoms in total. The second-order valence-corrected chi connectivity index (χ2v) is 10.3. The molecule has 1 atom stereocenters. The number of hydrogen-bond donors (Lipinski definition) is 3. The number of amides is 3. The van der Waals surface area contributed by atoms with Crippen molar-refractivity contribution in [2.45, 2.75) is 18.9 Å². The lowest BCUT2D eigenvalue weighted by Crippen LogP contribution is -2.53. The van der Waals surface area contributed by atoms with E-state index in [0.717, 1.165) is 6.26 Å². The number of hydrogen-bond acceptors (Lipinski definition) is 8. The van der Waals surface area contributed by atoms with Gasteiger partial charge in [0.2, 0.25) is 21.8 Å². The monoisotopic (exact) mass is 540 g/mol. The van der Waals surface area contributed by atoms with Gasteiger partial charge in [0, 0.05) is 12.1 Å². The zero-order valence-electron chi connectivity index (χ0n) is 21.1. The lowest BCUT2D eigenvalue weighted by atomic mass is 10.0. The molecule has 1 aromatic heterocycles. The van der Waals surface area contributed by atoms with Crippen LogP contribution >= 0.6 is 0 Å². The third kappa shape index (κ3) is 6.29. The summed E-state index contributed by atoms with van der Waals surface area (Å²) < 4.78 is 36.7. The molecule has 3 N–H and O–H groups in total. The van der Waals surface area contributed by atoms with Crippen molar-refractivity contribution < 1.29 is 27.5 Å². The molecule has 1 aliphatic heterocycles. The molecule has 1 aliphatic rings. The van der Waals surface area contributed by atoms with Gasteiger partial charge in [-0.2, -0.15) is 0 Å². The van der Waals surface area contributed by atoms with E-state index < -0.39 is 22.1 Å². The first-order chi connectivity index (χ1) is 18.2. The molecule has 0 unspecified atom stereocenters. The van der Waals surface area contributed by atoms with Gasteiger partial charge in [0.1, 0.15) is 11.8 Å². The predicted octanol–water partition coefficient (Wildman–Crippen LogP) is 2.85. The molecule has 0 aliphatic carbocycles. The Labute approximate surface area is 220 Å². The van der Waals surface area contributed by atoms with E-state index >= 15 is 0 Å². The van der Waals surface area contributed by atoms with Gasteiger partial charge < -0.3 is 19.7 Å². The number of urea groups is 1. The molecule has 0 saturated carbocycles. The van der Waals surface area contributed by atoms with Crippen LogP contribution in [0.5, 0.6) is 11.6 Å². The Balaban J connectivity index is 1.52. The molecule has 38 heavy (non-hydrogen) atoms. The first kappa shape index (κ1) is 26.7. The number of aromatic nitrogens is 2. The second kappa shape index (κ2) is 11.3. The average molecular weight is 541 g/mol. The number of nitrogens with zero attached hydrogens (tertiary/aromatic N) is 3. The van der Waals surface area contributed by atoms with Crippen molar-refractivity contribution >= 4 is 39.2 Å². The highest BCUT2D eigenvalue weighted by atomic mass is 32.2. The highest BCUT2D eigenvalue weighted by Gasteiger charge is 2.32. The minimum atomic E-state index is -3.48. The van der Waals surface area contributed by atoms with Crippen LogP contribution in [0.3, 0.4) is 0 Å². The summed E-state index contributed by atoms with van der Waals surface area (Å²) in [5.74, 6) is 0.677. The maximum absolute atomic E-state index is 13.3. The van der Waals surface area contributed by atoms with Gasteiger partial charge in [0.15, 0.2) is 5.82 Å². The van der Waals surface area contributed by atoms with E-state index in [1.165, 1.54) is 26.6 Å². The highest BCUT2D eigenvalue weighted by Crippen LogP contribution is 2.37. The largest absolute Gasteiger partial charge is 0.495 e. The summed E-state index contributed by atoms with van der Waals surface area (Å²) in [6, 6.07) is 11.0. The van der Waals surface area contributed by atoms with Gasteiger partial charge in [-0.15, -0.1) is 0 Å². The molecule has 2 heterocycles. The quantitative estimate of drug-likeness (QED) is 0.394. The van der Waals surface area contributed by atoms with Crippen LogP contribution < -0.4 is 29.7 Å². The number of carbonyl (C=O) groups excluding carboxylic acids is 2. The van der Waals surface area contributed by atoms with E-state index in [-0.39, 0.29) is 11.7 Å². The van der Waals surface area contributed by atoms with Gasteiger partial charge in [-0.05, 0) is 36.6 Å². The number of piperidine rings is 1. The SMILES string of the molecule is COc1cnc(NC(=O)N[C@@H]2CCCN(c3ccc(-c4ccccc4NS(C)(=O)=O)cc3OC)C2=O)cn1. The standard InChI is InChI=1S/C25H28N6O6S/c1-36-21-13-16(17-7-4-5-8-18(17)30-38(3,34)35)10-11-20(21)31-12-6-9-19(24(31)32)28-25(33)29-22-14-27-23(37-2)15-26-22/h4-5,7-8,10-11,13-15,19,30H,6,9,12H2,1-3H3,(H2,26,28,29,33)/t19-/m1/s1. The van der Waals surface area contributed by atoms with E-state index in [2.05, 4.69) is 25.3 Å². The topological polar surface area (TPSA) is 152 Å². The summed E-state index contributed by atoms with van der Waals surface area (Å²) in [6.45, 7) is 0.449. The summed E-state index contributed by atoms with van der Waals surface area (Å²) in [6.07, 6.45) is 4.94. The van der Waals surface area contributed by atoms with Crippen molar-refractivity contribution in [1.29, 1.82) is 0 Å². The van der Waals surface area contributed by atoms with E-state index in [0.29, 0.717) is 53.5 Å². The zero-order valence-corrected chi connectivity index (χ0v) is 21.9. The minimum absolute atomic E-state index is 0.214. The van der Waals surface area contributed by atoms with E-state index in [4.69, 9.17) is 9.47 Å². The normalized spacial score (nSPS) is 15.5. The fourth-order valence-corrected chi connectivity index (χ4v) is 4.71. The van der Waals surface area contributed by atoms with Gasteiger partial charge >= 0.3 is 6.03 Å². The first-order valence-electron chi connectivity index (χ1n) is 11.7. The van der Waals surface area contributed by atoms with Gasteiger partial charge in [0.05, 0.1) is 44.2 Å². The Morgan fingerprint density at radius 1 is 1.08 bits per heavy atom. The third-order valence-electron chi connectivity index (χ3n) is 5.83. The van der Waals surface area contributed by atoms with Crippen molar-refractivity contribution in [3.05, 3.63) is 54.9 Å².